The molecule has 8 heteroatoms. The van der Waals surface area contributed by atoms with Crippen molar-refractivity contribution in [2.24, 2.45) is 5.92 Å². The molecule has 1 aliphatic rings. The first-order chi connectivity index (χ1) is 13.4. The molecule has 29 heavy (non-hydrogen) atoms. The van der Waals surface area contributed by atoms with Crippen molar-refractivity contribution in [2.75, 3.05) is 13.1 Å². The highest BCUT2D eigenvalue weighted by Crippen LogP contribution is 2.34. The number of carbonyl (C=O) groups is 2. The Morgan fingerprint density at radius 1 is 1.03 bits per heavy atom. The summed E-state index contributed by atoms with van der Waals surface area (Å²) in [5.41, 5.74) is -0.429. The highest BCUT2D eigenvalue weighted by atomic mass is 127. The molecule has 162 valence electrons. The van der Waals surface area contributed by atoms with Crippen LogP contribution in [0.1, 0.15) is 64.2 Å². The molecule has 0 N–H and O–H groups in total. The molecule has 0 bridgehead atoms. The minimum absolute atomic E-state index is 0.188. The zero-order valence-electron chi connectivity index (χ0n) is 17.5. The van der Waals surface area contributed by atoms with Gasteiger partial charge >= 0.3 is 12.1 Å². The molecule has 0 atom stereocenters. The summed E-state index contributed by atoms with van der Waals surface area (Å²) >= 11 is 6.62. The molecule has 1 fully saturated rings. The lowest BCUT2D eigenvalue weighted by Crippen LogP contribution is -2.47. The summed E-state index contributed by atoms with van der Waals surface area (Å²) in [6.45, 7) is 11.0. The second-order valence-corrected chi connectivity index (χ2v) is 11.9. The zero-order chi connectivity index (χ0) is 22.0. The van der Waals surface area contributed by atoms with Crippen LogP contribution in [0.15, 0.2) is 12.1 Å². The average Bonchev–Trinajstić information content (AvgIpc) is 2.64. The monoisotopic (exact) mass is 739 g/mol. The van der Waals surface area contributed by atoms with E-state index in [1.165, 1.54) is 0 Å². The summed E-state index contributed by atoms with van der Waals surface area (Å²) in [4.78, 5) is 27.1. The number of ether oxygens (including phenoxy) is 2. The lowest BCUT2D eigenvalue weighted by Gasteiger charge is -2.40. The second-order valence-electron chi connectivity index (χ2n) is 8.45. The van der Waals surface area contributed by atoms with Crippen molar-refractivity contribution in [3.8, 4) is 0 Å². The van der Waals surface area contributed by atoms with Crippen molar-refractivity contribution >= 4 is 79.8 Å². The maximum Gasteiger partial charge on any atom is 0.410 e. The van der Waals surface area contributed by atoms with Gasteiger partial charge in [0.05, 0.1) is 5.56 Å². The standard InChI is InChI=1S/C21H28I3NO4/c1-6-20(2,3)29-19(27)25-11-9-13(10-12-25)21(4,5)28-18(26)16-14(22)7-8-15(23)17(16)24/h7-8,13H,6,9-12H2,1-5H3. The molecule has 1 saturated heterocycles. The van der Waals surface area contributed by atoms with Crippen molar-refractivity contribution in [1.29, 1.82) is 0 Å². The molecule has 1 aliphatic heterocycles. The van der Waals surface area contributed by atoms with Crippen molar-refractivity contribution in [3.05, 3.63) is 28.4 Å². The van der Waals surface area contributed by atoms with Gasteiger partial charge in [0.1, 0.15) is 11.2 Å². The first-order valence-corrected chi connectivity index (χ1v) is 13.0. The van der Waals surface area contributed by atoms with Crippen LogP contribution in [0.3, 0.4) is 0 Å². The number of nitrogens with zero attached hydrogens (tertiary/aromatic N) is 1. The Labute approximate surface area is 214 Å². The normalized spacial score (nSPS) is 15.9. The summed E-state index contributed by atoms with van der Waals surface area (Å²) < 4.78 is 14.4. The van der Waals surface area contributed by atoms with Crippen molar-refractivity contribution < 1.29 is 19.1 Å². The van der Waals surface area contributed by atoms with E-state index in [2.05, 4.69) is 67.8 Å². The van der Waals surface area contributed by atoms with Crippen LogP contribution in [0.2, 0.25) is 0 Å². The van der Waals surface area contributed by atoms with Gasteiger partial charge in [-0.2, -0.15) is 0 Å². The van der Waals surface area contributed by atoms with Crippen molar-refractivity contribution in [2.45, 2.75) is 65.1 Å². The lowest BCUT2D eigenvalue weighted by atomic mass is 9.83. The van der Waals surface area contributed by atoms with E-state index < -0.39 is 11.2 Å². The van der Waals surface area contributed by atoms with Gasteiger partial charge in [-0.25, -0.2) is 9.59 Å². The number of piperidine rings is 1. The molecule has 1 aromatic rings. The average molecular weight is 739 g/mol. The SMILES string of the molecule is CCC(C)(C)OC(=O)N1CCC(C(C)(C)OC(=O)c2c(I)ccc(I)c2I)CC1. The van der Waals surface area contributed by atoms with Crippen LogP contribution < -0.4 is 0 Å². The summed E-state index contributed by atoms with van der Waals surface area (Å²) in [6, 6.07) is 3.94. The van der Waals surface area contributed by atoms with E-state index >= 15 is 0 Å². The number of hydrogen-bond acceptors (Lipinski definition) is 4. The molecule has 2 rings (SSSR count). The summed E-state index contributed by atoms with van der Waals surface area (Å²) in [5, 5.41) is 0. The third kappa shape index (κ3) is 6.56. The summed E-state index contributed by atoms with van der Waals surface area (Å²) in [5.74, 6) is -0.0957. The highest BCUT2D eigenvalue weighted by molar-refractivity contribution is 14.1. The number of carbonyl (C=O) groups excluding carboxylic acids is 2. The molecule has 0 aliphatic carbocycles. The first kappa shape index (κ1) is 25.4. The minimum atomic E-state index is -0.608. The van der Waals surface area contributed by atoms with Gasteiger partial charge in [-0.05, 0) is 127 Å². The zero-order valence-corrected chi connectivity index (χ0v) is 24.0. The predicted octanol–water partition coefficient (Wildman–Crippen LogP) is 6.47. The molecule has 0 saturated carbocycles. The molecule has 5 nitrogen and oxygen atoms in total. The van der Waals surface area contributed by atoms with E-state index in [-0.39, 0.29) is 18.0 Å². The van der Waals surface area contributed by atoms with Crippen LogP contribution >= 0.6 is 67.8 Å². The van der Waals surface area contributed by atoms with Crippen LogP contribution in [0.25, 0.3) is 0 Å². The molecule has 0 unspecified atom stereocenters. The quantitative estimate of drug-likeness (QED) is 0.198. The van der Waals surface area contributed by atoms with E-state index in [1.54, 1.807) is 4.90 Å². The fourth-order valence-corrected chi connectivity index (χ4v) is 5.54. The van der Waals surface area contributed by atoms with E-state index in [0.717, 1.165) is 30.0 Å². The second kappa shape index (κ2) is 10.2. The Hall–Kier alpha value is 0.150. The van der Waals surface area contributed by atoms with Gasteiger partial charge in [-0.15, -0.1) is 0 Å². The molecule has 1 aromatic carbocycles. The van der Waals surface area contributed by atoms with Crippen LogP contribution in [0.4, 0.5) is 4.79 Å². The van der Waals surface area contributed by atoms with Crippen molar-refractivity contribution in [1.82, 2.24) is 4.90 Å². The van der Waals surface area contributed by atoms with Gasteiger partial charge in [0.2, 0.25) is 0 Å². The molecule has 0 aromatic heterocycles. The minimum Gasteiger partial charge on any atom is -0.456 e. The van der Waals surface area contributed by atoms with Gasteiger partial charge in [0.15, 0.2) is 0 Å². The fraction of sp³-hybridized carbons (Fsp3) is 0.619. The smallest absolute Gasteiger partial charge is 0.410 e. The predicted molar refractivity (Wildman–Crippen MR) is 139 cm³/mol. The topological polar surface area (TPSA) is 55.8 Å². The van der Waals surface area contributed by atoms with Crippen LogP contribution in [-0.2, 0) is 9.47 Å². The number of halogens is 3. The number of benzene rings is 1. The first-order valence-electron chi connectivity index (χ1n) is 9.72. The highest BCUT2D eigenvalue weighted by Gasteiger charge is 2.38. The van der Waals surface area contributed by atoms with Crippen molar-refractivity contribution in [3.63, 3.8) is 0 Å². The Bertz CT molecular complexity index is 771. The molecule has 1 heterocycles. The Morgan fingerprint density at radius 2 is 1.59 bits per heavy atom. The van der Waals surface area contributed by atoms with E-state index in [1.807, 2.05) is 46.8 Å². The van der Waals surface area contributed by atoms with Gasteiger partial charge < -0.3 is 14.4 Å². The third-order valence-electron chi connectivity index (χ3n) is 5.56. The largest absolute Gasteiger partial charge is 0.456 e. The summed E-state index contributed by atoms with van der Waals surface area (Å²) in [6.07, 6.45) is 2.08. The van der Waals surface area contributed by atoms with Crippen LogP contribution in [-0.4, -0.2) is 41.3 Å². The van der Waals surface area contributed by atoms with Gasteiger partial charge in [0.25, 0.3) is 0 Å². The molecular formula is C21H28I3NO4. The van der Waals surface area contributed by atoms with E-state index in [9.17, 15) is 9.59 Å². The van der Waals surface area contributed by atoms with Gasteiger partial charge in [-0.3, -0.25) is 0 Å². The van der Waals surface area contributed by atoms with Crippen LogP contribution in [0, 0.1) is 16.6 Å². The van der Waals surface area contributed by atoms with Crippen LogP contribution in [0.5, 0.6) is 0 Å². The number of likely N-dealkylation sites (tertiary alicyclic amines) is 1. The molecule has 0 radical (unpaired) electrons. The van der Waals surface area contributed by atoms with Gasteiger partial charge in [-0.1, -0.05) is 6.92 Å². The number of amides is 1. The van der Waals surface area contributed by atoms with E-state index in [4.69, 9.17) is 9.47 Å². The summed E-state index contributed by atoms with van der Waals surface area (Å²) in [7, 11) is 0. The molecule has 0 spiro atoms. The van der Waals surface area contributed by atoms with Gasteiger partial charge in [0, 0.05) is 29.7 Å². The lowest BCUT2D eigenvalue weighted by molar-refractivity contribution is -0.0490. The Kier molecular flexibility index (Phi) is 8.92. The molecular weight excluding hydrogens is 711 g/mol. The van der Waals surface area contributed by atoms with E-state index in [0.29, 0.717) is 18.7 Å². The number of esters is 1. The Balaban J connectivity index is 2.01. The fourth-order valence-electron chi connectivity index (χ4n) is 3.22. The third-order valence-corrected chi connectivity index (χ3v) is 9.51. The number of hydrogen-bond donors (Lipinski definition) is 0. The molecule has 1 amide bonds. The maximum atomic E-state index is 12.9. The Morgan fingerprint density at radius 3 is 2.14 bits per heavy atom. The number of rotatable bonds is 5. The maximum absolute atomic E-state index is 12.9.